The number of nitrogens with zero attached hydrogens (tertiary/aromatic N) is 3. The number of aliphatic hydroxyl groups excluding tert-OH is 1. The van der Waals surface area contributed by atoms with E-state index in [-0.39, 0.29) is 23.3 Å². The minimum absolute atomic E-state index is 0.0212. The lowest BCUT2D eigenvalue weighted by Gasteiger charge is -2.16. The lowest BCUT2D eigenvalue weighted by molar-refractivity contribution is 0.0909. The van der Waals surface area contributed by atoms with Gasteiger partial charge in [0.2, 0.25) is 0 Å². The van der Waals surface area contributed by atoms with Crippen LogP contribution in [0, 0.1) is 0 Å². The monoisotopic (exact) mass is 559 g/mol. The second kappa shape index (κ2) is 10.9. The summed E-state index contributed by atoms with van der Waals surface area (Å²) >= 11 is 6.20. The molecule has 8 nitrogen and oxygen atoms in total. The largest absolute Gasteiger partial charge is 0.457 e. The van der Waals surface area contributed by atoms with Crippen molar-refractivity contribution in [3.63, 3.8) is 0 Å². The Labute approximate surface area is 222 Å². The third-order valence-electron chi connectivity index (χ3n) is 5.74. The molecular weight excluding hydrogens is 530 g/mol. The molecule has 37 heavy (non-hydrogen) atoms. The van der Waals surface area contributed by atoms with Gasteiger partial charge in [-0.2, -0.15) is 0 Å². The molecule has 0 saturated heterocycles. The number of aromatic nitrogens is 3. The van der Waals surface area contributed by atoms with Gasteiger partial charge < -0.3 is 14.6 Å². The van der Waals surface area contributed by atoms with E-state index in [4.69, 9.17) is 26.1 Å². The molecule has 4 aromatic rings. The molecule has 11 heteroatoms. The van der Waals surface area contributed by atoms with Crippen LogP contribution in [-0.2, 0) is 27.9 Å². The summed E-state index contributed by atoms with van der Waals surface area (Å²) in [6.45, 7) is 7.55. The van der Waals surface area contributed by atoms with Crippen LogP contribution in [0.1, 0.15) is 5.56 Å². The lowest BCUT2D eigenvalue weighted by Crippen LogP contribution is -2.22. The van der Waals surface area contributed by atoms with Crippen LogP contribution < -0.4 is 4.74 Å². The molecule has 196 valence electrons. The third-order valence-corrected chi connectivity index (χ3v) is 9.03. The van der Waals surface area contributed by atoms with Crippen LogP contribution in [0.2, 0.25) is 30.7 Å². The Balaban J connectivity index is 1.75. The predicted molar refractivity (Wildman–Crippen MR) is 148 cm³/mol. The molecule has 0 saturated carbocycles. The van der Waals surface area contributed by atoms with Crippen LogP contribution in [0.25, 0.3) is 22.6 Å². The van der Waals surface area contributed by atoms with Gasteiger partial charge in [0.1, 0.15) is 23.9 Å². The summed E-state index contributed by atoms with van der Waals surface area (Å²) in [5.41, 5.74) is 2.63. The highest BCUT2D eigenvalue weighted by Gasteiger charge is 2.19. The topological polar surface area (TPSA) is 104 Å². The molecule has 0 aliphatic rings. The molecule has 0 amide bonds. The highest BCUT2D eigenvalue weighted by atomic mass is 35.5. The minimum atomic E-state index is -3.47. The highest BCUT2D eigenvalue weighted by molar-refractivity contribution is 7.90. The van der Waals surface area contributed by atoms with E-state index in [1.54, 1.807) is 18.3 Å². The zero-order chi connectivity index (χ0) is 26.8. The van der Waals surface area contributed by atoms with Crippen LogP contribution in [0.5, 0.6) is 11.5 Å². The van der Waals surface area contributed by atoms with Crippen molar-refractivity contribution in [1.82, 2.24) is 14.5 Å². The molecule has 2 aromatic carbocycles. The number of sulfone groups is 1. The normalized spacial score (nSPS) is 12.3. The molecule has 0 unspecified atom stereocenters. The number of benzene rings is 2. The SMILES string of the molecule is C[Si](C)(C)CCOCn1c(-c2ccccn2)nc2cc(CO)c(Oc3ccc(S(C)(=O)=O)c(Cl)c3)cc21. The summed E-state index contributed by atoms with van der Waals surface area (Å²) in [4.78, 5) is 9.28. The zero-order valence-corrected chi connectivity index (χ0v) is 23.8. The first kappa shape index (κ1) is 27.3. The number of hydrogen-bond donors (Lipinski definition) is 1. The summed E-state index contributed by atoms with van der Waals surface area (Å²) in [7, 11) is -4.73. The minimum Gasteiger partial charge on any atom is -0.457 e. The van der Waals surface area contributed by atoms with E-state index in [0.717, 1.165) is 17.8 Å². The molecule has 0 radical (unpaired) electrons. The van der Waals surface area contributed by atoms with Crippen molar-refractivity contribution in [1.29, 1.82) is 0 Å². The maximum Gasteiger partial charge on any atom is 0.176 e. The quantitative estimate of drug-likeness (QED) is 0.195. The maximum absolute atomic E-state index is 11.9. The molecule has 4 rings (SSSR count). The summed E-state index contributed by atoms with van der Waals surface area (Å²) in [5.74, 6) is 1.38. The first-order valence-corrected chi connectivity index (χ1v) is 17.7. The maximum atomic E-state index is 11.9. The van der Waals surface area contributed by atoms with Crippen molar-refractivity contribution < 1.29 is 23.0 Å². The molecule has 0 aliphatic carbocycles. The summed E-state index contributed by atoms with van der Waals surface area (Å²) < 4.78 is 37.9. The zero-order valence-electron chi connectivity index (χ0n) is 21.2. The van der Waals surface area contributed by atoms with E-state index in [0.29, 0.717) is 40.7 Å². The molecule has 0 bridgehead atoms. The molecule has 2 aromatic heterocycles. The molecule has 0 fully saturated rings. The van der Waals surface area contributed by atoms with E-state index < -0.39 is 17.9 Å². The van der Waals surface area contributed by atoms with Gasteiger partial charge in [-0.1, -0.05) is 37.3 Å². The van der Waals surface area contributed by atoms with Gasteiger partial charge in [-0.15, -0.1) is 0 Å². The molecular formula is C26H30ClN3O5SSi. The van der Waals surface area contributed by atoms with Gasteiger partial charge in [0, 0.05) is 44.8 Å². The Kier molecular flexibility index (Phi) is 8.05. The van der Waals surface area contributed by atoms with Crippen LogP contribution in [0.3, 0.4) is 0 Å². The number of halogens is 1. The first-order valence-electron chi connectivity index (χ1n) is 11.8. The van der Waals surface area contributed by atoms with Gasteiger partial charge in [0.05, 0.1) is 27.6 Å². The van der Waals surface area contributed by atoms with E-state index in [1.807, 2.05) is 22.8 Å². The Morgan fingerprint density at radius 3 is 2.51 bits per heavy atom. The smallest absolute Gasteiger partial charge is 0.176 e. The average molecular weight is 560 g/mol. The van der Waals surface area contributed by atoms with Crippen LogP contribution in [0.4, 0.5) is 0 Å². The van der Waals surface area contributed by atoms with E-state index in [2.05, 4.69) is 24.6 Å². The van der Waals surface area contributed by atoms with Crippen molar-refractivity contribution >= 4 is 40.5 Å². The fourth-order valence-corrected chi connectivity index (χ4v) is 5.82. The molecule has 2 heterocycles. The third kappa shape index (κ3) is 6.57. The van der Waals surface area contributed by atoms with Crippen LogP contribution in [0.15, 0.2) is 59.6 Å². The Bertz CT molecular complexity index is 1520. The highest BCUT2D eigenvalue weighted by Crippen LogP contribution is 2.35. The van der Waals surface area contributed by atoms with Gasteiger partial charge in [0.15, 0.2) is 15.7 Å². The number of fused-ring (bicyclic) bond motifs is 1. The second-order valence-electron chi connectivity index (χ2n) is 10.00. The van der Waals surface area contributed by atoms with Gasteiger partial charge in [-0.05, 0) is 36.4 Å². The number of imidazole rings is 1. The Morgan fingerprint density at radius 1 is 1.11 bits per heavy atom. The number of aliphatic hydroxyl groups is 1. The Hall–Kier alpha value is -2.76. The fraction of sp³-hybridized carbons (Fsp3) is 0.308. The van der Waals surface area contributed by atoms with Crippen molar-refractivity contribution in [2.24, 2.45) is 0 Å². The predicted octanol–water partition coefficient (Wildman–Crippen LogP) is 5.75. The van der Waals surface area contributed by atoms with Crippen molar-refractivity contribution in [3.8, 4) is 23.0 Å². The fourth-order valence-electron chi connectivity index (χ4n) is 3.74. The number of rotatable bonds is 10. The van der Waals surface area contributed by atoms with Crippen molar-refractivity contribution in [3.05, 3.63) is 65.3 Å². The van der Waals surface area contributed by atoms with Gasteiger partial charge in [-0.3, -0.25) is 9.55 Å². The van der Waals surface area contributed by atoms with Gasteiger partial charge in [-0.25, -0.2) is 13.4 Å². The van der Waals surface area contributed by atoms with Crippen molar-refractivity contribution in [2.75, 3.05) is 12.9 Å². The van der Waals surface area contributed by atoms with Crippen molar-refractivity contribution in [2.45, 2.75) is 43.9 Å². The number of hydrogen-bond acceptors (Lipinski definition) is 7. The summed E-state index contributed by atoms with van der Waals surface area (Å²) in [6, 6.07) is 14.6. The summed E-state index contributed by atoms with van der Waals surface area (Å²) in [5, 5.41) is 10.1. The van der Waals surface area contributed by atoms with E-state index in [1.165, 1.54) is 18.2 Å². The van der Waals surface area contributed by atoms with E-state index in [9.17, 15) is 13.5 Å². The first-order chi connectivity index (χ1) is 17.5. The molecule has 0 atom stereocenters. The second-order valence-corrected chi connectivity index (χ2v) is 18.0. The summed E-state index contributed by atoms with van der Waals surface area (Å²) in [6.07, 6.45) is 2.81. The number of ether oxygens (including phenoxy) is 2. The molecule has 0 spiro atoms. The standard InChI is InChI=1S/C26H30ClN3O5SSi/c1-36(32,33)25-9-8-19(14-20(25)27)35-24-15-23-22(13-18(24)16-31)29-26(21-7-5-6-10-28-21)30(23)17-34-11-12-37(2,3)4/h5-10,13-15,31H,11-12,16-17H2,1-4H3. The molecule has 0 aliphatic heterocycles. The van der Waals surface area contributed by atoms with Gasteiger partial charge >= 0.3 is 0 Å². The molecule has 1 N–H and O–H groups in total. The lowest BCUT2D eigenvalue weighted by atomic mass is 10.2. The van der Waals surface area contributed by atoms with Crippen LogP contribution in [-0.4, -0.2) is 49.0 Å². The number of pyridine rings is 1. The van der Waals surface area contributed by atoms with E-state index >= 15 is 0 Å². The van der Waals surface area contributed by atoms with Crippen LogP contribution >= 0.6 is 11.6 Å². The van der Waals surface area contributed by atoms with Gasteiger partial charge in [0.25, 0.3) is 0 Å². The average Bonchev–Trinajstić information content (AvgIpc) is 3.18. The Morgan fingerprint density at radius 2 is 1.89 bits per heavy atom.